The van der Waals surface area contributed by atoms with Crippen LogP contribution in [0, 0.1) is 5.92 Å². The van der Waals surface area contributed by atoms with E-state index in [2.05, 4.69) is 22.5 Å². The van der Waals surface area contributed by atoms with E-state index in [1.807, 2.05) is 0 Å². The maximum atomic E-state index is 11.6. The lowest BCUT2D eigenvalue weighted by atomic mass is 9.93. The molecular weight excluding hydrogens is 226 g/mol. The molecule has 18 heavy (non-hydrogen) atoms. The fraction of sp³-hybridized carbons (Fsp3) is 0.929. The van der Waals surface area contributed by atoms with Crippen molar-refractivity contribution in [1.82, 2.24) is 15.5 Å². The predicted octanol–water partition coefficient (Wildman–Crippen LogP) is 0.977. The minimum atomic E-state index is 0.0939. The minimum absolute atomic E-state index is 0.0939. The van der Waals surface area contributed by atoms with Crippen LogP contribution in [-0.2, 0) is 4.79 Å². The Balaban J connectivity index is 1.53. The van der Waals surface area contributed by atoms with Crippen LogP contribution in [0.25, 0.3) is 0 Å². The van der Waals surface area contributed by atoms with E-state index in [4.69, 9.17) is 0 Å². The number of likely N-dealkylation sites (tertiary alicyclic amines) is 1. The molecule has 1 atom stereocenters. The van der Waals surface area contributed by atoms with Crippen LogP contribution in [0.5, 0.6) is 0 Å². The van der Waals surface area contributed by atoms with Gasteiger partial charge in [-0.2, -0.15) is 0 Å². The topological polar surface area (TPSA) is 44.4 Å². The molecule has 0 aromatic carbocycles. The third kappa shape index (κ3) is 3.95. The maximum Gasteiger partial charge on any atom is 0.237 e. The van der Waals surface area contributed by atoms with Gasteiger partial charge in [0.15, 0.2) is 0 Å². The van der Waals surface area contributed by atoms with Gasteiger partial charge < -0.3 is 15.5 Å². The number of hydrogen-bond acceptors (Lipinski definition) is 3. The molecule has 2 aliphatic heterocycles. The second-order valence-electron chi connectivity index (χ2n) is 5.66. The Bertz CT molecular complexity index is 258. The van der Waals surface area contributed by atoms with Gasteiger partial charge in [0, 0.05) is 6.54 Å². The van der Waals surface area contributed by atoms with Gasteiger partial charge in [-0.3, -0.25) is 4.79 Å². The molecule has 0 spiro atoms. The zero-order valence-corrected chi connectivity index (χ0v) is 11.6. The monoisotopic (exact) mass is 253 g/mol. The van der Waals surface area contributed by atoms with Crippen LogP contribution in [-0.4, -0.2) is 49.6 Å². The zero-order valence-electron chi connectivity index (χ0n) is 11.6. The normalized spacial score (nSPS) is 25.7. The first kappa shape index (κ1) is 13.8. The smallest absolute Gasteiger partial charge is 0.237 e. The van der Waals surface area contributed by atoms with Crippen molar-refractivity contribution >= 4 is 5.91 Å². The molecule has 2 saturated heterocycles. The summed E-state index contributed by atoms with van der Waals surface area (Å²) in [7, 11) is 0. The Morgan fingerprint density at radius 1 is 1.33 bits per heavy atom. The van der Waals surface area contributed by atoms with Gasteiger partial charge in [-0.1, -0.05) is 6.92 Å². The van der Waals surface area contributed by atoms with E-state index in [1.54, 1.807) is 0 Å². The van der Waals surface area contributed by atoms with E-state index in [0.717, 1.165) is 31.8 Å². The summed E-state index contributed by atoms with van der Waals surface area (Å²) < 4.78 is 0. The van der Waals surface area contributed by atoms with Crippen molar-refractivity contribution < 1.29 is 4.79 Å². The Kier molecular flexibility index (Phi) is 5.45. The molecule has 2 aliphatic rings. The Labute approximate surface area is 110 Å². The van der Waals surface area contributed by atoms with Crippen molar-refractivity contribution in [2.24, 2.45) is 5.92 Å². The van der Waals surface area contributed by atoms with Gasteiger partial charge in [0.1, 0.15) is 0 Å². The molecule has 2 rings (SSSR count). The van der Waals surface area contributed by atoms with E-state index in [0.29, 0.717) is 0 Å². The lowest BCUT2D eigenvalue weighted by Crippen LogP contribution is -2.53. The molecule has 104 valence electrons. The average Bonchev–Trinajstić information content (AvgIpc) is 2.29. The second-order valence-corrected chi connectivity index (χ2v) is 5.66. The first-order valence-electron chi connectivity index (χ1n) is 7.53. The number of nitrogens with zero attached hydrogens (tertiary/aromatic N) is 1. The van der Waals surface area contributed by atoms with Crippen molar-refractivity contribution in [2.75, 3.05) is 32.7 Å². The van der Waals surface area contributed by atoms with Crippen molar-refractivity contribution in [3.63, 3.8) is 0 Å². The summed E-state index contributed by atoms with van der Waals surface area (Å²) in [5.41, 5.74) is 0. The zero-order chi connectivity index (χ0) is 12.8. The summed E-state index contributed by atoms with van der Waals surface area (Å²) >= 11 is 0. The fourth-order valence-electron chi connectivity index (χ4n) is 2.85. The third-order valence-electron chi connectivity index (χ3n) is 4.24. The molecule has 0 aliphatic carbocycles. The Hall–Kier alpha value is -0.610. The third-order valence-corrected chi connectivity index (χ3v) is 4.24. The van der Waals surface area contributed by atoms with Crippen molar-refractivity contribution in [2.45, 2.75) is 45.1 Å². The minimum Gasteiger partial charge on any atom is -0.355 e. The largest absolute Gasteiger partial charge is 0.355 e. The summed E-state index contributed by atoms with van der Waals surface area (Å²) in [6.45, 7) is 7.84. The maximum absolute atomic E-state index is 11.6. The van der Waals surface area contributed by atoms with Gasteiger partial charge in [-0.05, 0) is 64.2 Å². The van der Waals surface area contributed by atoms with Crippen molar-refractivity contribution in [1.29, 1.82) is 0 Å². The molecule has 4 nitrogen and oxygen atoms in total. The summed E-state index contributed by atoms with van der Waals surface area (Å²) in [6.07, 6.45) is 6.02. The first-order chi connectivity index (χ1) is 8.79. The molecule has 2 N–H and O–H groups in total. The quantitative estimate of drug-likeness (QED) is 0.741. The lowest BCUT2D eigenvalue weighted by molar-refractivity contribution is -0.124. The van der Waals surface area contributed by atoms with Crippen LogP contribution in [0.4, 0.5) is 0 Å². The number of hydrogen-bond donors (Lipinski definition) is 2. The molecule has 1 amide bonds. The number of nitrogens with one attached hydrogen (secondary N) is 2. The van der Waals surface area contributed by atoms with Gasteiger partial charge in [-0.15, -0.1) is 0 Å². The van der Waals surface area contributed by atoms with Gasteiger partial charge in [-0.25, -0.2) is 0 Å². The summed E-state index contributed by atoms with van der Waals surface area (Å²) in [4.78, 5) is 14.2. The number of carbonyl (C=O) groups is 1. The summed E-state index contributed by atoms with van der Waals surface area (Å²) in [5, 5.41) is 6.19. The van der Waals surface area contributed by atoms with Gasteiger partial charge in [0.25, 0.3) is 0 Å². The average molecular weight is 253 g/mol. The van der Waals surface area contributed by atoms with E-state index in [1.165, 1.54) is 38.9 Å². The van der Waals surface area contributed by atoms with Crippen LogP contribution < -0.4 is 10.6 Å². The van der Waals surface area contributed by atoms with Gasteiger partial charge in [0.05, 0.1) is 6.04 Å². The van der Waals surface area contributed by atoms with Crippen LogP contribution in [0.1, 0.15) is 39.0 Å². The number of amides is 1. The molecule has 4 heteroatoms. The number of carbonyl (C=O) groups excluding carboxylic acids is 1. The molecular formula is C14H27N3O. The first-order valence-corrected chi connectivity index (χ1v) is 7.53. The number of rotatable bonds is 6. The van der Waals surface area contributed by atoms with E-state index >= 15 is 0 Å². The van der Waals surface area contributed by atoms with Crippen LogP contribution in [0.3, 0.4) is 0 Å². The van der Waals surface area contributed by atoms with Crippen LogP contribution >= 0.6 is 0 Å². The van der Waals surface area contributed by atoms with E-state index < -0.39 is 0 Å². The Morgan fingerprint density at radius 2 is 2.06 bits per heavy atom. The highest BCUT2D eigenvalue weighted by atomic mass is 16.2. The highest BCUT2D eigenvalue weighted by Crippen LogP contribution is 2.20. The molecule has 0 bridgehead atoms. The summed E-state index contributed by atoms with van der Waals surface area (Å²) in [5.74, 6) is 1.01. The molecule has 0 radical (unpaired) electrons. The molecule has 0 saturated carbocycles. The van der Waals surface area contributed by atoms with Gasteiger partial charge in [0.2, 0.25) is 5.91 Å². The Morgan fingerprint density at radius 3 is 2.61 bits per heavy atom. The second kappa shape index (κ2) is 7.10. The molecule has 2 fully saturated rings. The van der Waals surface area contributed by atoms with E-state index in [9.17, 15) is 4.79 Å². The van der Waals surface area contributed by atoms with Crippen molar-refractivity contribution in [3.8, 4) is 0 Å². The standard InChI is InChI=1S/C14H27N3O/c1-2-9-17-10-5-12(6-11-17)3-7-16-14(18)13-4-8-15-13/h12-13,15H,2-11H2,1H3,(H,16,18)/t13-/m0/s1. The molecule has 0 aromatic heterocycles. The highest BCUT2D eigenvalue weighted by Gasteiger charge is 2.24. The van der Waals surface area contributed by atoms with Crippen LogP contribution in [0.15, 0.2) is 0 Å². The number of piperidine rings is 1. The molecule has 0 aromatic rings. The SMILES string of the molecule is CCCN1CCC(CCNC(=O)[C@@H]2CCN2)CC1. The molecule has 2 heterocycles. The van der Waals surface area contributed by atoms with Gasteiger partial charge >= 0.3 is 0 Å². The summed E-state index contributed by atoms with van der Waals surface area (Å²) in [6, 6.07) is 0.0939. The predicted molar refractivity (Wildman–Crippen MR) is 73.5 cm³/mol. The lowest BCUT2D eigenvalue weighted by Gasteiger charge is -2.32. The molecule has 0 unspecified atom stereocenters. The van der Waals surface area contributed by atoms with Crippen molar-refractivity contribution in [3.05, 3.63) is 0 Å². The van der Waals surface area contributed by atoms with Crippen LogP contribution in [0.2, 0.25) is 0 Å². The fourth-order valence-corrected chi connectivity index (χ4v) is 2.85. The highest BCUT2D eigenvalue weighted by molar-refractivity contribution is 5.82. The van der Waals surface area contributed by atoms with E-state index in [-0.39, 0.29) is 11.9 Å².